The molecule has 0 aliphatic heterocycles. The van der Waals surface area contributed by atoms with Crippen LogP contribution in [-0.2, 0) is 14.3 Å². The van der Waals surface area contributed by atoms with Crippen LogP contribution in [0.1, 0.15) is 46.5 Å². The summed E-state index contributed by atoms with van der Waals surface area (Å²) in [6.07, 6.45) is 2.52. The predicted octanol–water partition coefficient (Wildman–Crippen LogP) is 2.29. The second kappa shape index (κ2) is 6.89. The van der Waals surface area contributed by atoms with E-state index in [1.165, 1.54) is 0 Å². The van der Waals surface area contributed by atoms with E-state index in [-0.39, 0.29) is 17.7 Å². The topological polar surface area (TPSA) is 64.6 Å². The molecular weight excluding hydrogens is 246 g/mol. The van der Waals surface area contributed by atoms with Crippen LogP contribution in [0.3, 0.4) is 0 Å². The number of methoxy groups -OCH3 is 1. The molecule has 1 fully saturated rings. The smallest absolute Gasteiger partial charge is 0.407 e. The Hall–Kier alpha value is -1.10. The standard InChI is InChI=1S/C14H25NO4/c1-14(2,3)19-13(17)15-11(8-9-18-4)10-6-5-7-12(10)16/h10-11H,5-9H2,1-4H3,(H,15,17). The second-order valence-electron chi connectivity index (χ2n) is 6.00. The summed E-state index contributed by atoms with van der Waals surface area (Å²) >= 11 is 0. The fraction of sp³-hybridized carbons (Fsp3) is 0.857. The first-order valence-corrected chi connectivity index (χ1v) is 6.84. The van der Waals surface area contributed by atoms with Crippen LogP contribution in [0, 0.1) is 5.92 Å². The molecule has 0 bridgehead atoms. The molecule has 1 rings (SSSR count). The molecule has 1 saturated carbocycles. The van der Waals surface area contributed by atoms with Gasteiger partial charge in [0, 0.05) is 32.1 Å². The lowest BCUT2D eigenvalue weighted by molar-refractivity contribution is -0.121. The number of carbonyl (C=O) groups is 2. The summed E-state index contributed by atoms with van der Waals surface area (Å²) in [5.74, 6) is 0.139. The zero-order valence-corrected chi connectivity index (χ0v) is 12.3. The third-order valence-electron chi connectivity index (χ3n) is 3.17. The van der Waals surface area contributed by atoms with Gasteiger partial charge >= 0.3 is 6.09 Å². The normalized spacial score (nSPS) is 21.3. The average Bonchev–Trinajstić information content (AvgIpc) is 2.68. The Morgan fingerprint density at radius 2 is 2.16 bits per heavy atom. The van der Waals surface area contributed by atoms with Gasteiger partial charge < -0.3 is 14.8 Å². The summed E-state index contributed by atoms with van der Waals surface area (Å²) in [6.45, 7) is 5.97. The second-order valence-corrected chi connectivity index (χ2v) is 6.00. The maximum Gasteiger partial charge on any atom is 0.407 e. The minimum atomic E-state index is -0.532. The summed E-state index contributed by atoms with van der Waals surface area (Å²) in [7, 11) is 1.61. The number of amides is 1. The quantitative estimate of drug-likeness (QED) is 0.833. The number of ketones is 1. The summed E-state index contributed by atoms with van der Waals surface area (Å²) in [6, 6.07) is -0.190. The molecule has 1 amide bonds. The molecule has 0 radical (unpaired) electrons. The van der Waals surface area contributed by atoms with E-state index >= 15 is 0 Å². The lowest BCUT2D eigenvalue weighted by Crippen LogP contribution is -2.44. The monoisotopic (exact) mass is 271 g/mol. The number of nitrogens with one attached hydrogen (secondary N) is 1. The number of hydrogen-bond donors (Lipinski definition) is 1. The van der Waals surface area contributed by atoms with E-state index in [1.54, 1.807) is 7.11 Å². The van der Waals surface area contributed by atoms with Crippen LogP contribution in [0.25, 0.3) is 0 Å². The minimum absolute atomic E-state index is 0.0948. The van der Waals surface area contributed by atoms with Gasteiger partial charge in [-0.25, -0.2) is 4.79 Å². The van der Waals surface area contributed by atoms with Crippen molar-refractivity contribution in [3.05, 3.63) is 0 Å². The summed E-state index contributed by atoms with van der Waals surface area (Å²) in [4.78, 5) is 23.6. The molecule has 0 spiro atoms. The van der Waals surface area contributed by atoms with Crippen molar-refractivity contribution in [2.75, 3.05) is 13.7 Å². The fourth-order valence-electron chi connectivity index (χ4n) is 2.35. The van der Waals surface area contributed by atoms with E-state index in [4.69, 9.17) is 9.47 Å². The first-order chi connectivity index (χ1) is 8.83. The molecule has 1 aliphatic rings. The van der Waals surface area contributed by atoms with Crippen LogP contribution < -0.4 is 5.32 Å². The van der Waals surface area contributed by atoms with Crippen molar-refractivity contribution in [2.24, 2.45) is 5.92 Å². The molecule has 0 heterocycles. The van der Waals surface area contributed by atoms with Crippen LogP contribution in [0.2, 0.25) is 0 Å². The zero-order chi connectivity index (χ0) is 14.5. The number of hydrogen-bond acceptors (Lipinski definition) is 4. The van der Waals surface area contributed by atoms with Gasteiger partial charge in [-0.1, -0.05) is 0 Å². The number of rotatable bonds is 5. The molecular formula is C14H25NO4. The Morgan fingerprint density at radius 3 is 2.63 bits per heavy atom. The van der Waals surface area contributed by atoms with Gasteiger partial charge in [0.25, 0.3) is 0 Å². The van der Waals surface area contributed by atoms with Crippen LogP contribution >= 0.6 is 0 Å². The van der Waals surface area contributed by atoms with Crippen molar-refractivity contribution >= 4 is 11.9 Å². The Balaban J connectivity index is 2.58. The van der Waals surface area contributed by atoms with Crippen LogP contribution in [0.5, 0.6) is 0 Å². The van der Waals surface area contributed by atoms with Crippen molar-refractivity contribution < 1.29 is 19.1 Å². The lowest BCUT2D eigenvalue weighted by Gasteiger charge is -2.26. The number of Topliss-reactive ketones (excluding diaryl/α,β-unsaturated/α-hetero) is 1. The molecule has 110 valence electrons. The molecule has 1 aliphatic carbocycles. The highest BCUT2D eigenvalue weighted by atomic mass is 16.6. The SMILES string of the molecule is COCCC(NC(=O)OC(C)(C)C)C1CCCC1=O. The van der Waals surface area contributed by atoms with Crippen molar-refractivity contribution in [3.8, 4) is 0 Å². The van der Waals surface area contributed by atoms with Crippen LogP contribution in [0.15, 0.2) is 0 Å². The highest BCUT2D eigenvalue weighted by molar-refractivity contribution is 5.84. The summed E-state index contributed by atoms with van der Waals surface area (Å²) in [5.41, 5.74) is -0.532. The van der Waals surface area contributed by atoms with E-state index in [2.05, 4.69) is 5.32 Å². The van der Waals surface area contributed by atoms with Gasteiger partial charge in [0.2, 0.25) is 0 Å². The third-order valence-corrected chi connectivity index (χ3v) is 3.17. The van der Waals surface area contributed by atoms with E-state index in [9.17, 15) is 9.59 Å². The Bertz CT molecular complexity index is 322. The Morgan fingerprint density at radius 1 is 1.47 bits per heavy atom. The number of alkyl carbamates (subject to hydrolysis) is 1. The van der Waals surface area contributed by atoms with Gasteiger partial charge in [-0.15, -0.1) is 0 Å². The summed E-state index contributed by atoms with van der Waals surface area (Å²) in [5, 5.41) is 2.82. The molecule has 0 aromatic rings. The van der Waals surface area contributed by atoms with Crippen molar-refractivity contribution in [2.45, 2.75) is 58.1 Å². The van der Waals surface area contributed by atoms with E-state index < -0.39 is 11.7 Å². The molecule has 0 saturated heterocycles. The van der Waals surface area contributed by atoms with Gasteiger partial charge in [0.15, 0.2) is 0 Å². The Kier molecular flexibility index (Phi) is 5.79. The molecule has 0 aromatic heterocycles. The third kappa shape index (κ3) is 5.59. The molecule has 2 atom stereocenters. The Labute approximate surface area is 115 Å². The number of ether oxygens (including phenoxy) is 2. The molecule has 19 heavy (non-hydrogen) atoms. The van der Waals surface area contributed by atoms with Gasteiger partial charge in [0.05, 0.1) is 0 Å². The number of carbonyl (C=O) groups excluding carboxylic acids is 2. The van der Waals surface area contributed by atoms with Gasteiger partial charge in [-0.3, -0.25) is 4.79 Å². The van der Waals surface area contributed by atoms with Crippen molar-refractivity contribution in [1.82, 2.24) is 5.32 Å². The van der Waals surface area contributed by atoms with Crippen molar-refractivity contribution in [1.29, 1.82) is 0 Å². The van der Waals surface area contributed by atoms with Crippen LogP contribution in [0.4, 0.5) is 4.79 Å². The lowest BCUT2D eigenvalue weighted by atomic mass is 9.95. The van der Waals surface area contributed by atoms with E-state index in [0.29, 0.717) is 19.4 Å². The fourth-order valence-corrected chi connectivity index (χ4v) is 2.35. The zero-order valence-electron chi connectivity index (χ0n) is 12.3. The molecule has 0 aromatic carbocycles. The predicted molar refractivity (Wildman–Crippen MR) is 72.0 cm³/mol. The highest BCUT2D eigenvalue weighted by Crippen LogP contribution is 2.26. The van der Waals surface area contributed by atoms with Crippen LogP contribution in [-0.4, -0.2) is 37.2 Å². The summed E-state index contributed by atoms with van der Waals surface area (Å²) < 4.78 is 10.3. The van der Waals surface area contributed by atoms with Crippen molar-refractivity contribution in [3.63, 3.8) is 0 Å². The maximum absolute atomic E-state index is 11.8. The largest absolute Gasteiger partial charge is 0.444 e. The van der Waals surface area contributed by atoms with Gasteiger partial charge in [-0.2, -0.15) is 0 Å². The van der Waals surface area contributed by atoms with E-state index in [0.717, 1.165) is 12.8 Å². The first-order valence-electron chi connectivity index (χ1n) is 6.84. The first kappa shape index (κ1) is 16.0. The maximum atomic E-state index is 11.8. The van der Waals surface area contributed by atoms with Gasteiger partial charge in [-0.05, 0) is 40.0 Å². The minimum Gasteiger partial charge on any atom is -0.444 e. The molecule has 5 heteroatoms. The van der Waals surface area contributed by atoms with Gasteiger partial charge in [0.1, 0.15) is 11.4 Å². The molecule has 5 nitrogen and oxygen atoms in total. The molecule has 2 unspecified atom stereocenters. The van der Waals surface area contributed by atoms with E-state index in [1.807, 2.05) is 20.8 Å². The molecule has 1 N–H and O–H groups in total. The highest BCUT2D eigenvalue weighted by Gasteiger charge is 2.33. The average molecular weight is 271 g/mol.